The van der Waals surface area contributed by atoms with E-state index in [0.717, 1.165) is 0 Å². The van der Waals surface area contributed by atoms with Gasteiger partial charge in [0.2, 0.25) is 0 Å². The highest BCUT2D eigenvalue weighted by atomic mass is 16.3. The lowest BCUT2D eigenvalue weighted by Gasteiger charge is -2.30. The van der Waals surface area contributed by atoms with Gasteiger partial charge in [0.1, 0.15) is 5.82 Å². The van der Waals surface area contributed by atoms with Crippen LogP contribution in [-0.4, -0.2) is 58.9 Å². The van der Waals surface area contributed by atoms with Crippen molar-refractivity contribution in [1.29, 1.82) is 0 Å². The van der Waals surface area contributed by atoms with E-state index in [2.05, 4.69) is 10.3 Å². The fourth-order valence-electron chi connectivity index (χ4n) is 1.57. The van der Waals surface area contributed by atoms with Gasteiger partial charge >= 0.3 is 0 Å². The minimum atomic E-state index is -0.792. The van der Waals surface area contributed by atoms with E-state index in [1.165, 1.54) is 11.1 Å². The van der Waals surface area contributed by atoms with Crippen LogP contribution in [0.25, 0.3) is 0 Å². The number of aliphatic hydroxyl groups excluding tert-OH is 2. The molecule has 0 aliphatic heterocycles. The molecule has 0 aliphatic rings. The third kappa shape index (κ3) is 3.65. The second-order valence-electron chi connectivity index (χ2n) is 4.71. The van der Waals surface area contributed by atoms with Crippen LogP contribution in [-0.2, 0) is 0 Å². The summed E-state index contributed by atoms with van der Waals surface area (Å²) < 4.78 is 0. The smallest absolute Gasteiger partial charge is 0.254 e. The van der Waals surface area contributed by atoms with Crippen LogP contribution in [0.3, 0.4) is 0 Å². The molecule has 1 rings (SSSR count). The monoisotopic (exact) mass is 267 g/mol. The number of aliphatic hydroxyl groups is 2. The molecule has 0 aromatic carbocycles. The van der Waals surface area contributed by atoms with E-state index in [9.17, 15) is 15.0 Å². The largest absolute Gasteiger partial charge is 0.394 e. The summed E-state index contributed by atoms with van der Waals surface area (Å²) in [6.45, 7) is 1.48. The highest BCUT2D eigenvalue weighted by Gasteiger charge is 2.26. The Kier molecular flexibility index (Phi) is 5.26. The molecule has 3 N–H and O–H groups in total. The number of anilines is 1. The van der Waals surface area contributed by atoms with Crippen molar-refractivity contribution in [1.82, 2.24) is 9.88 Å². The quantitative estimate of drug-likeness (QED) is 0.691. The van der Waals surface area contributed by atoms with Gasteiger partial charge in [-0.3, -0.25) is 4.79 Å². The summed E-state index contributed by atoms with van der Waals surface area (Å²) in [5, 5.41) is 21.7. The van der Waals surface area contributed by atoms with Crippen LogP contribution < -0.4 is 5.32 Å². The van der Waals surface area contributed by atoms with Crippen LogP contribution in [0.1, 0.15) is 23.7 Å². The summed E-state index contributed by atoms with van der Waals surface area (Å²) >= 11 is 0. The van der Waals surface area contributed by atoms with Crippen LogP contribution in [0.5, 0.6) is 0 Å². The number of nitrogens with one attached hydrogen (secondary N) is 1. The third-order valence-electron chi connectivity index (χ3n) is 3.09. The normalized spacial score (nSPS) is 11.2. The average molecular weight is 267 g/mol. The molecule has 0 fully saturated rings. The summed E-state index contributed by atoms with van der Waals surface area (Å²) in [4.78, 5) is 17.3. The van der Waals surface area contributed by atoms with Gasteiger partial charge < -0.3 is 20.4 Å². The Morgan fingerprint density at radius 1 is 1.37 bits per heavy atom. The lowest BCUT2D eigenvalue weighted by Crippen LogP contribution is -2.45. The Labute approximate surface area is 113 Å². The Hall–Kier alpha value is -1.66. The lowest BCUT2D eigenvalue weighted by atomic mass is 9.98. The van der Waals surface area contributed by atoms with Gasteiger partial charge in [-0.05, 0) is 18.6 Å². The van der Waals surface area contributed by atoms with Crippen molar-refractivity contribution >= 4 is 11.7 Å². The maximum Gasteiger partial charge on any atom is 0.254 e. The molecule has 0 unspecified atom stereocenters. The highest BCUT2D eigenvalue weighted by molar-refractivity contribution is 5.93. The molecule has 1 aromatic heterocycles. The first kappa shape index (κ1) is 15.4. The molecule has 0 radical (unpaired) electrons. The molecule has 19 heavy (non-hydrogen) atoms. The van der Waals surface area contributed by atoms with Crippen molar-refractivity contribution in [3.63, 3.8) is 0 Å². The van der Waals surface area contributed by atoms with E-state index < -0.39 is 5.54 Å². The van der Waals surface area contributed by atoms with Crippen molar-refractivity contribution < 1.29 is 15.0 Å². The molecule has 0 saturated heterocycles. The number of pyridine rings is 1. The maximum atomic E-state index is 11.7. The first-order valence-corrected chi connectivity index (χ1v) is 6.15. The third-order valence-corrected chi connectivity index (χ3v) is 3.09. The molecule has 1 amide bonds. The molecule has 6 heteroatoms. The molecule has 6 nitrogen and oxygen atoms in total. The van der Waals surface area contributed by atoms with Crippen molar-refractivity contribution in [2.24, 2.45) is 0 Å². The van der Waals surface area contributed by atoms with Gasteiger partial charge in [0.05, 0.1) is 24.3 Å². The number of carbonyl (C=O) groups excluding carboxylic acids is 1. The van der Waals surface area contributed by atoms with Crippen LogP contribution >= 0.6 is 0 Å². The summed E-state index contributed by atoms with van der Waals surface area (Å²) in [7, 11) is 3.35. The molecular formula is C13H21N3O3. The van der Waals surface area contributed by atoms with Crippen molar-refractivity contribution in [3.05, 3.63) is 23.9 Å². The van der Waals surface area contributed by atoms with E-state index in [4.69, 9.17) is 0 Å². The number of hydrogen-bond donors (Lipinski definition) is 3. The van der Waals surface area contributed by atoms with Gasteiger partial charge in [-0.25, -0.2) is 4.98 Å². The average Bonchev–Trinajstić information content (AvgIpc) is 2.45. The predicted octanol–water partition coefficient (Wildman–Crippen LogP) is 0.329. The fourth-order valence-corrected chi connectivity index (χ4v) is 1.57. The van der Waals surface area contributed by atoms with Crippen molar-refractivity contribution in [3.8, 4) is 0 Å². The van der Waals surface area contributed by atoms with Crippen LogP contribution in [0.4, 0.5) is 5.82 Å². The van der Waals surface area contributed by atoms with Crippen LogP contribution in [0.15, 0.2) is 18.3 Å². The number of carbonyl (C=O) groups is 1. The highest BCUT2D eigenvalue weighted by Crippen LogP contribution is 2.17. The van der Waals surface area contributed by atoms with Gasteiger partial charge in [0, 0.05) is 20.3 Å². The minimum Gasteiger partial charge on any atom is -0.394 e. The summed E-state index contributed by atoms with van der Waals surface area (Å²) in [5.41, 5.74) is -0.300. The van der Waals surface area contributed by atoms with Gasteiger partial charge in [0.25, 0.3) is 5.91 Å². The molecular weight excluding hydrogens is 246 g/mol. The molecule has 0 bridgehead atoms. The molecule has 0 saturated carbocycles. The van der Waals surface area contributed by atoms with Gasteiger partial charge in [0.15, 0.2) is 0 Å². The van der Waals surface area contributed by atoms with Crippen LogP contribution in [0, 0.1) is 0 Å². The summed E-state index contributed by atoms with van der Waals surface area (Å²) in [5.74, 6) is 0.394. The molecule has 0 aliphatic carbocycles. The van der Waals surface area contributed by atoms with E-state index in [-0.39, 0.29) is 19.1 Å². The summed E-state index contributed by atoms with van der Waals surface area (Å²) in [6, 6.07) is 3.32. The summed E-state index contributed by atoms with van der Waals surface area (Å²) in [6.07, 6.45) is 2.03. The van der Waals surface area contributed by atoms with E-state index in [0.29, 0.717) is 17.8 Å². The first-order chi connectivity index (χ1) is 8.98. The Balaban J connectivity index is 2.85. The zero-order valence-electron chi connectivity index (χ0n) is 11.6. The first-order valence-electron chi connectivity index (χ1n) is 6.15. The number of rotatable bonds is 6. The Morgan fingerprint density at radius 2 is 2.00 bits per heavy atom. The number of amides is 1. The lowest BCUT2D eigenvalue weighted by molar-refractivity contribution is 0.0827. The number of nitrogens with zero attached hydrogens (tertiary/aromatic N) is 2. The molecule has 0 atom stereocenters. The zero-order chi connectivity index (χ0) is 14.5. The van der Waals surface area contributed by atoms with Crippen molar-refractivity contribution in [2.75, 3.05) is 32.6 Å². The van der Waals surface area contributed by atoms with E-state index >= 15 is 0 Å². The van der Waals surface area contributed by atoms with Gasteiger partial charge in [-0.2, -0.15) is 0 Å². The Morgan fingerprint density at radius 3 is 2.37 bits per heavy atom. The molecule has 0 spiro atoms. The van der Waals surface area contributed by atoms with E-state index in [1.807, 2.05) is 6.92 Å². The van der Waals surface area contributed by atoms with E-state index in [1.54, 1.807) is 26.2 Å². The Bertz CT molecular complexity index is 405. The fraction of sp³-hybridized carbons (Fsp3) is 0.538. The van der Waals surface area contributed by atoms with Crippen molar-refractivity contribution in [2.45, 2.75) is 18.9 Å². The number of hydrogen-bond acceptors (Lipinski definition) is 5. The molecule has 106 valence electrons. The van der Waals surface area contributed by atoms with Crippen LogP contribution in [0.2, 0.25) is 0 Å². The second-order valence-corrected chi connectivity index (χ2v) is 4.71. The maximum absolute atomic E-state index is 11.7. The number of aromatic nitrogens is 1. The second kappa shape index (κ2) is 6.49. The molecule has 1 aromatic rings. The topological polar surface area (TPSA) is 85.7 Å². The SMILES string of the molecule is CCC(CO)(CO)Nc1ccc(C(=O)N(C)C)cn1. The molecule has 1 heterocycles. The zero-order valence-corrected chi connectivity index (χ0v) is 11.6. The van der Waals surface area contributed by atoms with Gasteiger partial charge in [-0.1, -0.05) is 6.92 Å². The predicted molar refractivity (Wildman–Crippen MR) is 73.1 cm³/mol. The minimum absolute atomic E-state index is 0.120. The standard InChI is InChI=1S/C13H21N3O3/c1-4-13(8-17,9-18)15-11-6-5-10(7-14-11)12(19)16(2)3/h5-7,17-18H,4,8-9H2,1-3H3,(H,14,15). The van der Waals surface area contributed by atoms with Gasteiger partial charge in [-0.15, -0.1) is 0 Å².